The van der Waals surface area contributed by atoms with E-state index in [9.17, 15) is 4.79 Å². The molecule has 3 aromatic carbocycles. The van der Waals surface area contributed by atoms with Gasteiger partial charge in [0, 0.05) is 16.5 Å². The van der Waals surface area contributed by atoms with E-state index in [-0.39, 0.29) is 5.56 Å². The van der Waals surface area contributed by atoms with Crippen molar-refractivity contribution in [1.82, 2.24) is 25.4 Å². The molecule has 0 fully saturated rings. The highest BCUT2D eigenvalue weighted by molar-refractivity contribution is 5.98. The first-order valence-corrected chi connectivity index (χ1v) is 9.82. The van der Waals surface area contributed by atoms with Crippen LogP contribution < -0.4 is 16.2 Å². The van der Waals surface area contributed by atoms with Crippen molar-refractivity contribution in [3.63, 3.8) is 0 Å². The average molecular weight is 407 g/mol. The van der Waals surface area contributed by atoms with Gasteiger partial charge in [0.2, 0.25) is 0 Å². The predicted molar refractivity (Wildman–Crippen MR) is 123 cm³/mol. The van der Waals surface area contributed by atoms with E-state index in [4.69, 9.17) is 4.98 Å². The lowest BCUT2D eigenvalue weighted by atomic mass is 10.1. The molecule has 31 heavy (non-hydrogen) atoms. The van der Waals surface area contributed by atoms with Gasteiger partial charge in [0.25, 0.3) is 5.56 Å². The van der Waals surface area contributed by atoms with Crippen LogP contribution in [-0.2, 0) is 0 Å². The van der Waals surface area contributed by atoms with Gasteiger partial charge in [0.1, 0.15) is 11.6 Å². The zero-order valence-electron chi connectivity index (χ0n) is 16.2. The molecule has 3 aromatic heterocycles. The molecule has 0 saturated heterocycles. The Bertz CT molecular complexity index is 1630. The van der Waals surface area contributed by atoms with Gasteiger partial charge in [-0.15, -0.1) is 0 Å². The Labute approximate surface area is 175 Å². The highest BCUT2D eigenvalue weighted by atomic mass is 16.1. The largest absolute Gasteiger partial charge is 0.340 e. The quantitative estimate of drug-likeness (QED) is 0.289. The third-order valence-corrected chi connectivity index (χ3v) is 5.29. The Hall–Kier alpha value is -4.59. The van der Waals surface area contributed by atoms with Crippen LogP contribution in [0.15, 0.2) is 77.6 Å². The first kappa shape index (κ1) is 17.3. The molecule has 0 radical (unpaired) electrons. The Kier molecular flexibility index (Phi) is 3.76. The number of nitrogens with one attached hydrogen (secondary N) is 5. The van der Waals surface area contributed by atoms with Crippen molar-refractivity contribution >= 4 is 55.7 Å². The number of pyridine rings is 1. The van der Waals surface area contributed by atoms with Gasteiger partial charge in [0.15, 0.2) is 5.82 Å². The van der Waals surface area contributed by atoms with Gasteiger partial charge in [-0.3, -0.25) is 20.1 Å². The molecule has 150 valence electrons. The summed E-state index contributed by atoms with van der Waals surface area (Å²) in [6.07, 6.45) is 0. The molecule has 3 heterocycles. The standard InChI is InChI=1S/C23H17N7O/c31-23-17-10-9-14(12-19(17)28-30-23)24-20-11-13-5-1-2-6-15(13)21(25-20)26-22-16-7-3-4-8-18(16)27-29-22/h1-12H,(H2,28,30,31)(H3,24,25,26,27,29). The van der Waals surface area contributed by atoms with Crippen molar-refractivity contribution in [2.75, 3.05) is 10.6 Å². The normalized spacial score (nSPS) is 11.4. The number of aromatic nitrogens is 5. The van der Waals surface area contributed by atoms with E-state index in [0.29, 0.717) is 17.0 Å². The van der Waals surface area contributed by atoms with Crippen LogP contribution in [0.2, 0.25) is 0 Å². The lowest BCUT2D eigenvalue weighted by Crippen LogP contribution is -2.00. The minimum absolute atomic E-state index is 0.136. The Morgan fingerprint density at radius 1 is 0.710 bits per heavy atom. The second-order valence-corrected chi connectivity index (χ2v) is 7.28. The fraction of sp³-hybridized carbons (Fsp3) is 0. The Balaban J connectivity index is 1.42. The van der Waals surface area contributed by atoms with Crippen LogP contribution >= 0.6 is 0 Å². The molecule has 8 nitrogen and oxygen atoms in total. The second kappa shape index (κ2) is 6.74. The molecule has 0 aliphatic heterocycles. The second-order valence-electron chi connectivity index (χ2n) is 7.28. The van der Waals surface area contributed by atoms with E-state index >= 15 is 0 Å². The smallest absolute Gasteiger partial charge is 0.271 e. The molecule has 0 saturated carbocycles. The number of anilines is 4. The van der Waals surface area contributed by atoms with Crippen molar-refractivity contribution in [2.45, 2.75) is 0 Å². The molecule has 5 N–H and O–H groups in total. The van der Waals surface area contributed by atoms with Gasteiger partial charge in [-0.25, -0.2) is 4.98 Å². The molecule has 0 amide bonds. The van der Waals surface area contributed by atoms with E-state index in [1.54, 1.807) is 6.07 Å². The lowest BCUT2D eigenvalue weighted by Gasteiger charge is -2.12. The van der Waals surface area contributed by atoms with Crippen molar-refractivity contribution in [3.8, 4) is 0 Å². The molecule has 0 aliphatic rings. The number of hydrogen-bond acceptors (Lipinski definition) is 5. The molecular weight excluding hydrogens is 390 g/mol. The predicted octanol–water partition coefficient (Wildman–Crippen LogP) is 4.77. The fourth-order valence-corrected chi connectivity index (χ4v) is 3.79. The van der Waals surface area contributed by atoms with E-state index in [1.165, 1.54) is 0 Å². The third-order valence-electron chi connectivity index (χ3n) is 5.29. The SMILES string of the molecule is O=c1[nH][nH]c2cc(Nc3cc4ccccc4c(Nc4n[nH]c5ccccc45)n3)ccc12. The summed E-state index contributed by atoms with van der Waals surface area (Å²) in [5, 5.41) is 23.3. The number of rotatable bonds is 4. The van der Waals surface area contributed by atoms with Crippen LogP contribution in [0, 0.1) is 0 Å². The number of nitrogens with zero attached hydrogens (tertiary/aromatic N) is 2. The summed E-state index contributed by atoms with van der Waals surface area (Å²) in [5.41, 5.74) is 2.37. The summed E-state index contributed by atoms with van der Waals surface area (Å²) in [4.78, 5) is 16.6. The molecule has 6 rings (SSSR count). The highest BCUT2D eigenvalue weighted by Gasteiger charge is 2.11. The number of H-pyrrole nitrogens is 3. The van der Waals surface area contributed by atoms with Crippen LogP contribution in [0.1, 0.15) is 0 Å². The van der Waals surface area contributed by atoms with E-state index in [0.717, 1.165) is 38.7 Å². The first-order chi connectivity index (χ1) is 15.2. The number of benzene rings is 3. The molecule has 0 bridgehead atoms. The van der Waals surface area contributed by atoms with E-state index < -0.39 is 0 Å². The Morgan fingerprint density at radius 3 is 2.48 bits per heavy atom. The van der Waals surface area contributed by atoms with Gasteiger partial charge in [-0.2, -0.15) is 5.10 Å². The van der Waals surface area contributed by atoms with Crippen LogP contribution in [0.4, 0.5) is 23.1 Å². The zero-order valence-corrected chi connectivity index (χ0v) is 16.2. The summed E-state index contributed by atoms with van der Waals surface area (Å²) in [6.45, 7) is 0. The molecule has 0 spiro atoms. The monoisotopic (exact) mass is 407 g/mol. The van der Waals surface area contributed by atoms with Gasteiger partial charge in [-0.05, 0) is 41.8 Å². The summed E-state index contributed by atoms with van der Waals surface area (Å²) in [7, 11) is 0. The molecule has 0 atom stereocenters. The van der Waals surface area contributed by atoms with Gasteiger partial charge in [0.05, 0.1) is 16.4 Å². The fourth-order valence-electron chi connectivity index (χ4n) is 3.79. The summed E-state index contributed by atoms with van der Waals surface area (Å²) in [6, 6.07) is 23.5. The van der Waals surface area contributed by atoms with Gasteiger partial charge in [-0.1, -0.05) is 36.4 Å². The van der Waals surface area contributed by atoms with Gasteiger partial charge < -0.3 is 10.6 Å². The topological polar surface area (TPSA) is 114 Å². The average Bonchev–Trinajstić information content (AvgIpc) is 3.37. The lowest BCUT2D eigenvalue weighted by molar-refractivity contribution is 1.08. The summed E-state index contributed by atoms with van der Waals surface area (Å²) in [5.74, 6) is 2.10. The molecule has 8 heteroatoms. The van der Waals surface area contributed by atoms with E-state index in [2.05, 4.69) is 31.0 Å². The summed E-state index contributed by atoms with van der Waals surface area (Å²) >= 11 is 0. The number of para-hydroxylation sites is 1. The van der Waals surface area contributed by atoms with Crippen LogP contribution in [0.3, 0.4) is 0 Å². The van der Waals surface area contributed by atoms with Crippen molar-refractivity contribution in [2.24, 2.45) is 0 Å². The maximum absolute atomic E-state index is 11.7. The molecule has 6 aromatic rings. The van der Waals surface area contributed by atoms with Crippen LogP contribution in [-0.4, -0.2) is 25.4 Å². The van der Waals surface area contributed by atoms with Crippen LogP contribution in [0.5, 0.6) is 0 Å². The number of hydrogen-bond donors (Lipinski definition) is 5. The maximum atomic E-state index is 11.7. The van der Waals surface area contributed by atoms with Crippen LogP contribution in [0.25, 0.3) is 32.6 Å². The van der Waals surface area contributed by atoms with Gasteiger partial charge >= 0.3 is 0 Å². The van der Waals surface area contributed by atoms with Crippen molar-refractivity contribution < 1.29 is 0 Å². The molecular formula is C23H17N7O. The maximum Gasteiger partial charge on any atom is 0.271 e. The van der Waals surface area contributed by atoms with Crippen molar-refractivity contribution in [1.29, 1.82) is 0 Å². The minimum Gasteiger partial charge on any atom is -0.340 e. The third kappa shape index (κ3) is 2.98. The minimum atomic E-state index is -0.136. The Morgan fingerprint density at radius 2 is 1.55 bits per heavy atom. The van der Waals surface area contributed by atoms with Crippen molar-refractivity contribution in [3.05, 3.63) is 83.2 Å². The first-order valence-electron chi connectivity index (χ1n) is 9.82. The number of aromatic amines is 3. The highest BCUT2D eigenvalue weighted by Crippen LogP contribution is 2.30. The molecule has 0 unspecified atom stereocenters. The molecule has 0 aliphatic carbocycles. The van der Waals surface area contributed by atoms with E-state index in [1.807, 2.05) is 66.7 Å². The zero-order chi connectivity index (χ0) is 20.8. The number of fused-ring (bicyclic) bond motifs is 3. The summed E-state index contributed by atoms with van der Waals surface area (Å²) < 4.78 is 0.